The monoisotopic (exact) mass is 450 g/mol. The van der Waals surface area contributed by atoms with Gasteiger partial charge in [0.1, 0.15) is 10.1 Å². The molecule has 156 valence electrons. The molecule has 4 aromatic carbocycles. The minimum absolute atomic E-state index is 0.979. The molecule has 0 radical (unpaired) electrons. The molecule has 4 aromatic rings. The summed E-state index contributed by atoms with van der Waals surface area (Å²) >= 11 is 3.58. The summed E-state index contributed by atoms with van der Waals surface area (Å²) in [5, 5.41) is 1.99. The first kappa shape index (κ1) is 20.8. The van der Waals surface area contributed by atoms with Crippen LogP contribution in [0.25, 0.3) is 22.3 Å². The lowest BCUT2D eigenvalue weighted by Gasteiger charge is -2.16. The van der Waals surface area contributed by atoms with Crippen molar-refractivity contribution in [2.45, 2.75) is 0 Å². The fourth-order valence-corrected chi connectivity index (χ4v) is 5.72. The maximum absolute atomic E-state index is 5.10. The lowest BCUT2D eigenvalue weighted by Crippen LogP contribution is -2.14. The summed E-state index contributed by atoms with van der Waals surface area (Å²) in [6.07, 6.45) is 0. The molecular weight excluding hydrogens is 428 g/mol. The first-order chi connectivity index (χ1) is 15.9. The molecule has 0 aliphatic carbocycles. The van der Waals surface area contributed by atoms with E-state index in [1.807, 2.05) is 24.3 Å². The fraction of sp³-hybridized carbons (Fsp3) is 0.0714. The van der Waals surface area contributed by atoms with Crippen LogP contribution in [0.5, 0.6) is 0 Å². The Morgan fingerprint density at radius 3 is 1.25 bits per heavy atom. The van der Waals surface area contributed by atoms with E-state index in [0.717, 1.165) is 44.1 Å². The van der Waals surface area contributed by atoms with E-state index in [4.69, 9.17) is 9.98 Å². The van der Waals surface area contributed by atoms with Gasteiger partial charge in [-0.15, -0.1) is 23.5 Å². The van der Waals surface area contributed by atoms with Crippen LogP contribution in [0.4, 0.5) is 11.4 Å². The molecule has 1 heterocycles. The van der Waals surface area contributed by atoms with Crippen LogP contribution in [0.15, 0.2) is 119 Å². The standard InChI is InChI=1S/C28H22N2S2/c1-3-11-21(12-4-1)23-15-7-9-17-25(23)29-27-28(32-20-19-31-27)30-26-18-10-8-16-24(26)22-13-5-2-6-14-22/h1-18H,19-20H2. The van der Waals surface area contributed by atoms with Crippen LogP contribution in [0.3, 0.4) is 0 Å². The van der Waals surface area contributed by atoms with Gasteiger partial charge in [-0.1, -0.05) is 97.1 Å². The highest BCUT2D eigenvalue weighted by atomic mass is 32.2. The van der Waals surface area contributed by atoms with E-state index in [0.29, 0.717) is 0 Å². The normalized spacial score (nSPS) is 16.4. The van der Waals surface area contributed by atoms with E-state index in [9.17, 15) is 0 Å². The second-order valence-electron chi connectivity index (χ2n) is 7.30. The third kappa shape index (κ3) is 4.72. The van der Waals surface area contributed by atoms with Crippen molar-refractivity contribution in [1.82, 2.24) is 0 Å². The van der Waals surface area contributed by atoms with Gasteiger partial charge in [-0.2, -0.15) is 0 Å². The van der Waals surface area contributed by atoms with Crippen molar-refractivity contribution in [2.75, 3.05) is 11.5 Å². The molecule has 0 bridgehead atoms. The molecule has 1 aliphatic rings. The molecule has 0 saturated carbocycles. The van der Waals surface area contributed by atoms with Gasteiger partial charge in [-0.05, 0) is 23.3 Å². The summed E-state index contributed by atoms with van der Waals surface area (Å²) in [6, 6.07) is 37.6. The molecule has 4 heteroatoms. The van der Waals surface area contributed by atoms with E-state index >= 15 is 0 Å². The number of benzene rings is 4. The number of hydrogen-bond donors (Lipinski definition) is 0. The molecule has 0 spiro atoms. The van der Waals surface area contributed by atoms with Crippen molar-refractivity contribution < 1.29 is 0 Å². The maximum atomic E-state index is 5.10. The Labute approximate surface area is 197 Å². The molecule has 1 fully saturated rings. The van der Waals surface area contributed by atoms with Crippen molar-refractivity contribution in [3.8, 4) is 22.3 Å². The highest BCUT2D eigenvalue weighted by Gasteiger charge is 2.18. The van der Waals surface area contributed by atoms with Gasteiger partial charge in [0.05, 0.1) is 11.4 Å². The molecule has 0 unspecified atom stereocenters. The molecular formula is C28H22N2S2. The molecule has 1 aliphatic heterocycles. The number of rotatable bonds is 4. The summed E-state index contributed by atoms with van der Waals surface area (Å²) < 4.78 is 0. The van der Waals surface area contributed by atoms with Gasteiger partial charge in [-0.25, -0.2) is 9.98 Å². The Hall–Kier alpha value is -3.08. The largest absolute Gasteiger partial charge is 0.239 e. The zero-order valence-electron chi connectivity index (χ0n) is 17.5. The van der Waals surface area contributed by atoms with E-state index < -0.39 is 0 Å². The fourth-order valence-electron chi connectivity index (χ4n) is 3.65. The van der Waals surface area contributed by atoms with Gasteiger partial charge in [0.2, 0.25) is 0 Å². The van der Waals surface area contributed by atoms with E-state index in [-0.39, 0.29) is 0 Å². The summed E-state index contributed by atoms with van der Waals surface area (Å²) in [4.78, 5) is 10.2. The van der Waals surface area contributed by atoms with Crippen LogP contribution in [0, 0.1) is 0 Å². The summed E-state index contributed by atoms with van der Waals surface area (Å²) in [5.41, 5.74) is 6.59. The minimum atomic E-state index is 0.979. The van der Waals surface area contributed by atoms with Crippen molar-refractivity contribution in [3.05, 3.63) is 109 Å². The van der Waals surface area contributed by atoms with Crippen LogP contribution in [0.2, 0.25) is 0 Å². The maximum Gasteiger partial charge on any atom is 0.129 e. The molecule has 32 heavy (non-hydrogen) atoms. The zero-order valence-corrected chi connectivity index (χ0v) is 19.2. The minimum Gasteiger partial charge on any atom is -0.239 e. The third-order valence-corrected chi connectivity index (χ3v) is 7.49. The highest BCUT2D eigenvalue weighted by Crippen LogP contribution is 2.35. The van der Waals surface area contributed by atoms with Gasteiger partial charge in [-0.3, -0.25) is 0 Å². The Kier molecular flexibility index (Phi) is 6.52. The SMILES string of the molecule is c1ccc(-c2ccccc2N=C2SCCSC2=Nc2ccccc2-c2ccccc2)cc1. The molecule has 0 atom stereocenters. The molecule has 0 amide bonds. The summed E-state index contributed by atoms with van der Waals surface area (Å²) in [6.45, 7) is 0. The smallest absolute Gasteiger partial charge is 0.129 e. The number of hydrogen-bond acceptors (Lipinski definition) is 4. The average Bonchev–Trinajstić information content (AvgIpc) is 2.87. The van der Waals surface area contributed by atoms with Gasteiger partial charge in [0, 0.05) is 22.6 Å². The average molecular weight is 451 g/mol. The Bertz CT molecular complexity index is 1160. The lowest BCUT2D eigenvalue weighted by molar-refractivity contribution is 1.49. The van der Waals surface area contributed by atoms with Crippen molar-refractivity contribution in [2.24, 2.45) is 9.98 Å². The quantitative estimate of drug-likeness (QED) is 0.312. The van der Waals surface area contributed by atoms with Crippen LogP contribution in [-0.4, -0.2) is 21.6 Å². The predicted molar refractivity (Wildman–Crippen MR) is 143 cm³/mol. The predicted octanol–water partition coefficient (Wildman–Crippen LogP) is 8.26. The van der Waals surface area contributed by atoms with Gasteiger partial charge in [0.25, 0.3) is 0 Å². The lowest BCUT2D eigenvalue weighted by atomic mass is 10.0. The topological polar surface area (TPSA) is 24.7 Å². The molecule has 2 nitrogen and oxygen atoms in total. The van der Waals surface area contributed by atoms with Crippen molar-refractivity contribution in [1.29, 1.82) is 0 Å². The Balaban J connectivity index is 1.56. The van der Waals surface area contributed by atoms with Crippen LogP contribution >= 0.6 is 23.5 Å². The number of nitrogens with zero attached hydrogens (tertiary/aromatic N) is 2. The van der Waals surface area contributed by atoms with E-state index in [1.165, 1.54) is 11.1 Å². The summed E-state index contributed by atoms with van der Waals surface area (Å²) in [7, 11) is 0. The van der Waals surface area contributed by atoms with Crippen molar-refractivity contribution >= 4 is 45.0 Å². The third-order valence-electron chi connectivity index (χ3n) is 5.17. The Morgan fingerprint density at radius 2 is 0.812 bits per heavy atom. The highest BCUT2D eigenvalue weighted by molar-refractivity contribution is 8.27. The van der Waals surface area contributed by atoms with Crippen LogP contribution < -0.4 is 0 Å². The van der Waals surface area contributed by atoms with Crippen molar-refractivity contribution in [3.63, 3.8) is 0 Å². The first-order valence-electron chi connectivity index (χ1n) is 10.6. The zero-order chi connectivity index (χ0) is 21.6. The van der Waals surface area contributed by atoms with Gasteiger partial charge >= 0.3 is 0 Å². The second-order valence-corrected chi connectivity index (χ2v) is 9.46. The van der Waals surface area contributed by atoms with Gasteiger partial charge in [0.15, 0.2) is 0 Å². The number of aliphatic imine (C=N–C) groups is 2. The summed E-state index contributed by atoms with van der Waals surface area (Å²) in [5.74, 6) is 2.08. The van der Waals surface area contributed by atoms with Crippen LogP contribution in [0.1, 0.15) is 0 Å². The van der Waals surface area contributed by atoms with E-state index in [1.54, 1.807) is 23.5 Å². The molecule has 5 rings (SSSR count). The molecule has 0 aromatic heterocycles. The van der Waals surface area contributed by atoms with Crippen LogP contribution in [-0.2, 0) is 0 Å². The second kappa shape index (κ2) is 10.0. The molecule has 0 N–H and O–H groups in total. The Morgan fingerprint density at radius 1 is 0.438 bits per heavy atom. The number of para-hydroxylation sites is 2. The number of thioether (sulfide) groups is 2. The van der Waals surface area contributed by atoms with Gasteiger partial charge < -0.3 is 0 Å². The van der Waals surface area contributed by atoms with E-state index in [2.05, 4.69) is 84.9 Å². The first-order valence-corrected chi connectivity index (χ1v) is 12.6. The molecule has 1 saturated heterocycles.